The van der Waals surface area contributed by atoms with Crippen LogP contribution in [0.4, 0.5) is 0 Å². The van der Waals surface area contributed by atoms with Gasteiger partial charge in [0.05, 0.1) is 6.04 Å². The first-order chi connectivity index (χ1) is 11.8. The Morgan fingerprint density at radius 3 is 2.80 bits per heavy atom. The molecule has 0 saturated carbocycles. The minimum Gasteiger partial charge on any atom is -0.459 e. The van der Waals surface area contributed by atoms with Gasteiger partial charge in [0.2, 0.25) is 0 Å². The van der Waals surface area contributed by atoms with E-state index in [1.54, 1.807) is 19.9 Å². The number of carbonyl (C=O) groups excluding carboxylic acids is 2. The highest BCUT2D eigenvalue weighted by molar-refractivity contribution is 5.89. The average molecular weight is 351 g/mol. The van der Waals surface area contributed by atoms with Crippen molar-refractivity contribution in [3.63, 3.8) is 0 Å². The molecule has 2 N–H and O–H groups in total. The summed E-state index contributed by atoms with van der Waals surface area (Å²) in [6.45, 7) is 5.82. The monoisotopic (exact) mass is 351 g/mol. The number of hydrogen-bond donors (Lipinski definition) is 2. The Hall–Kier alpha value is -1.70. The second-order valence-electron chi connectivity index (χ2n) is 7.26. The molecule has 0 radical (unpaired) electrons. The van der Waals surface area contributed by atoms with Crippen molar-refractivity contribution < 1.29 is 29.3 Å². The van der Waals surface area contributed by atoms with Gasteiger partial charge in [0.25, 0.3) is 0 Å². The maximum absolute atomic E-state index is 12.6. The Morgan fingerprint density at radius 2 is 2.12 bits per heavy atom. The van der Waals surface area contributed by atoms with Gasteiger partial charge >= 0.3 is 11.9 Å². The van der Waals surface area contributed by atoms with Crippen molar-refractivity contribution in [1.82, 2.24) is 4.90 Å². The number of rotatable bonds is 0. The number of esters is 2. The van der Waals surface area contributed by atoms with Crippen molar-refractivity contribution in [2.75, 3.05) is 19.7 Å². The van der Waals surface area contributed by atoms with Crippen molar-refractivity contribution in [2.45, 2.75) is 51.0 Å². The quantitative estimate of drug-likeness (QED) is 0.365. The molecule has 0 aromatic heterocycles. The highest BCUT2D eigenvalue weighted by Crippen LogP contribution is 2.34. The van der Waals surface area contributed by atoms with E-state index in [2.05, 4.69) is 0 Å². The van der Waals surface area contributed by atoms with Crippen molar-refractivity contribution in [2.24, 2.45) is 5.92 Å². The molecule has 0 amide bonds. The van der Waals surface area contributed by atoms with Crippen LogP contribution >= 0.6 is 0 Å². The second-order valence-corrected chi connectivity index (χ2v) is 7.26. The lowest BCUT2D eigenvalue weighted by Gasteiger charge is -2.31. The van der Waals surface area contributed by atoms with Gasteiger partial charge in [0.15, 0.2) is 5.60 Å². The van der Waals surface area contributed by atoms with E-state index in [4.69, 9.17) is 9.47 Å². The van der Waals surface area contributed by atoms with Gasteiger partial charge in [-0.25, -0.2) is 9.59 Å². The molecule has 7 heteroatoms. The van der Waals surface area contributed by atoms with Crippen LogP contribution in [0.2, 0.25) is 0 Å². The van der Waals surface area contributed by atoms with E-state index in [1.807, 2.05) is 11.0 Å². The van der Waals surface area contributed by atoms with Crippen molar-refractivity contribution >= 4 is 11.9 Å². The van der Waals surface area contributed by atoms with E-state index in [0.717, 1.165) is 5.57 Å². The molecule has 0 aliphatic carbocycles. The fraction of sp³-hybridized carbons (Fsp3) is 0.667. The molecule has 3 aliphatic heterocycles. The normalized spacial score (nSPS) is 41.5. The highest BCUT2D eigenvalue weighted by atomic mass is 16.6. The number of nitrogens with zero attached hydrogens (tertiary/aromatic N) is 1. The van der Waals surface area contributed by atoms with Gasteiger partial charge in [-0.1, -0.05) is 19.1 Å². The molecule has 0 unspecified atom stereocenters. The summed E-state index contributed by atoms with van der Waals surface area (Å²) in [5.74, 6) is -1.76. The molecule has 2 saturated heterocycles. The third-order valence-electron chi connectivity index (χ3n) is 5.60. The van der Waals surface area contributed by atoms with Crippen LogP contribution in [0, 0.1) is 5.92 Å². The third kappa shape index (κ3) is 3.12. The fourth-order valence-electron chi connectivity index (χ4n) is 3.70. The predicted molar refractivity (Wildman–Crippen MR) is 88.5 cm³/mol. The molecule has 5 atom stereocenters. The first-order valence-electron chi connectivity index (χ1n) is 8.62. The lowest BCUT2D eigenvalue weighted by Crippen LogP contribution is -2.45. The standard InChI is InChI=1S/C18H25NO6/c1-4-11-7-10(2)18(3,23)17(22)24-9-12-5-6-19-8-13(20)15(14(12)19)25-16(11)21/h4-5,10,13-15,20,23H,6-9H2,1-3H3/b11-4-/t10-,13-,14-,15-,18-/m1/s1. The van der Waals surface area contributed by atoms with E-state index in [-0.39, 0.29) is 19.1 Å². The second kappa shape index (κ2) is 6.55. The minimum absolute atomic E-state index is 0.0140. The molecule has 0 bridgehead atoms. The zero-order chi connectivity index (χ0) is 18.4. The van der Waals surface area contributed by atoms with Crippen LogP contribution in [0.25, 0.3) is 0 Å². The Morgan fingerprint density at radius 1 is 1.40 bits per heavy atom. The molecule has 7 nitrogen and oxygen atoms in total. The summed E-state index contributed by atoms with van der Waals surface area (Å²) in [5, 5.41) is 20.9. The van der Waals surface area contributed by atoms with Crippen LogP contribution in [-0.4, -0.2) is 70.6 Å². The lowest BCUT2D eigenvalue weighted by atomic mass is 9.85. The van der Waals surface area contributed by atoms with E-state index in [9.17, 15) is 19.8 Å². The van der Waals surface area contributed by atoms with Gasteiger partial charge in [-0.15, -0.1) is 0 Å². The van der Waals surface area contributed by atoms with Crippen LogP contribution in [0.1, 0.15) is 27.2 Å². The van der Waals surface area contributed by atoms with Gasteiger partial charge in [-0.05, 0) is 31.8 Å². The number of cyclic esters (lactones) is 1. The van der Waals surface area contributed by atoms with E-state index < -0.39 is 35.7 Å². The van der Waals surface area contributed by atoms with Gasteiger partial charge in [-0.3, -0.25) is 4.90 Å². The van der Waals surface area contributed by atoms with Gasteiger partial charge < -0.3 is 19.7 Å². The number of aliphatic hydroxyl groups excluding tert-OH is 1. The Balaban J connectivity index is 1.94. The summed E-state index contributed by atoms with van der Waals surface area (Å²) in [5.41, 5.74) is -0.551. The number of hydrogen-bond acceptors (Lipinski definition) is 7. The lowest BCUT2D eigenvalue weighted by molar-refractivity contribution is -0.169. The average Bonchev–Trinajstić information content (AvgIpc) is 3.08. The molecule has 138 valence electrons. The fourth-order valence-corrected chi connectivity index (χ4v) is 3.70. The molecule has 2 fully saturated rings. The SMILES string of the molecule is C/C=C1/C[C@@H](C)[C@@](C)(O)C(=O)OCC2=CCN3C[C@@H](O)[C@@H](OC1=O)[C@@H]23. The summed E-state index contributed by atoms with van der Waals surface area (Å²) in [7, 11) is 0. The van der Waals surface area contributed by atoms with Crippen LogP contribution in [-0.2, 0) is 19.1 Å². The number of allylic oxidation sites excluding steroid dienone is 1. The molecule has 0 spiro atoms. The minimum atomic E-state index is -1.71. The largest absolute Gasteiger partial charge is 0.459 e. The van der Waals surface area contributed by atoms with E-state index in [1.165, 1.54) is 6.92 Å². The number of ether oxygens (including phenoxy) is 2. The zero-order valence-electron chi connectivity index (χ0n) is 14.8. The smallest absolute Gasteiger partial charge is 0.338 e. The number of carbonyl (C=O) groups is 2. The maximum atomic E-state index is 12.6. The molecular formula is C18H25NO6. The van der Waals surface area contributed by atoms with Gasteiger partial charge in [0.1, 0.15) is 18.8 Å². The summed E-state index contributed by atoms with van der Waals surface area (Å²) < 4.78 is 11.0. The molecule has 3 rings (SSSR count). The van der Waals surface area contributed by atoms with Gasteiger partial charge in [0, 0.05) is 18.7 Å². The summed E-state index contributed by atoms with van der Waals surface area (Å²) in [4.78, 5) is 26.9. The number of aliphatic hydroxyl groups is 2. The first kappa shape index (κ1) is 18.1. The van der Waals surface area contributed by atoms with Crippen molar-refractivity contribution in [3.05, 3.63) is 23.3 Å². The molecule has 25 heavy (non-hydrogen) atoms. The summed E-state index contributed by atoms with van der Waals surface area (Å²) in [6, 6.07) is -0.299. The Bertz CT molecular complexity index is 637. The van der Waals surface area contributed by atoms with Crippen molar-refractivity contribution in [3.8, 4) is 0 Å². The van der Waals surface area contributed by atoms with E-state index >= 15 is 0 Å². The maximum Gasteiger partial charge on any atom is 0.338 e. The van der Waals surface area contributed by atoms with Crippen molar-refractivity contribution in [1.29, 1.82) is 0 Å². The third-order valence-corrected chi connectivity index (χ3v) is 5.60. The summed E-state index contributed by atoms with van der Waals surface area (Å²) >= 11 is 0. The molecule has 3 heterocycles. The zero-order valence-corrected chi connectivity index (χ0v) is 14.8. The molecule has 0 aromatic rings. The molecule has 3 aliphatic rings. The highest BCUT2D eigenvalue weighted by Gasteiger charge is 2.49. The topological polar surface area (TPSA) is 96.3 Å². The Kier molecular flexibility index (Phi) is 4.74. The Labute approximate surface area is 146 Å². The predicted octanol–water partition coefficient (Wildman–Crippen LogP) is 0.164. The van der Waals surface area contributed by atoms with Gasteiger partial charge in [-0.2, -0.15) is 0 Å². The molecule has 0 aromatic carbocycles. The molecular weight excluding hydrogens is 326 g/mol. The first-order valence-corrected chi connectivity index (χ1v) is 8.62. The van der Waals surface area contributed by atoms with Crippen LogP contribution in [0.5, 0.6) is 0 Å². The summed E-state index contributed by atoms with van der Waals surface area (Å²) in [6.07, 6.45) is 2.25. The van der Waals surface area contributed by atoms with Crippen LogP contribution in [0.3, 0.4) is 0 Å². The van der Waals surface area contributed by atoms with E-state index in [0.29, 0.717) is 18.7 Å². The van der Waals surface area contributed by atoms with Crippen LogP contribution < -0.4 is 0 Å². The van der Waals surface area contributed by atoms with Crippen LogP contribution in [0.15, 0.2) is 23.3 Å².